The van der Waals surface area contributed by atoms with Gasteiger partial charge in [-0.15, -0.1) is 0 Å². The van der Waals surface area contributed by atoms with Crippen molar-refractivity contribution in [3.8, 4) is 5.75 Å². The van der Waals surface area contributed by atoms with Crippen molar-refractivity contribution in [1.82, 2.24) is 4.98 Å². The second-order valence-corrected chi connectivity index (χ2v) is 9.92. The Morgan fingerprint density at radius 2 is 2.08 bits per heavy atom. The third kappa shape index (κ3) is 4.26. The van der Waals surface area contributed by atoms with Crippen molar-refractivity contribution in [2.75, 3.05) is 11.5 Å². The van der Waals surface area contributed by atoms with Crippen LogP contribution < -0.4 is 9.64 Å². The Balaban J connectivity index is 1.66. The lowest BCUT2D eigenvalue weighted by molar-refractivity contribution is -0.132. The van der Waals surface area contributed by atoms with Crippen molar-refractivity contribution in [2.24, 2.45) is 0 Å². The number of anilines is 1. The smallest absolute Gasteiger partial charge is 0.350 e. The summed E-state index contributed by atoms with van der Waals surface area (Å²) >= 11 is 0.841. The summed E-state index contributed by atoms with van der Waals surface area (Å²) in [4.78, 5) is 44.7. The molecule has 38 heavy (non-hydrogen) atoms. The number of aromatic nitrogens is 1. The van der Waals surface area contributed by atoms with Gasteiger partial charge in [0, 0.05) is 17.5 Å². The minimum Gasteiger partial charge on any atom is -0.507 e. The monoisotopic (exact) mass is 534 g/mol. The van der Waals surface area contributed by atoms with Crippen LogP contribution in [0.5, 0.6) is 5.75 Å². The summed E-state index contributed by atoms with van der Waals surface area (Å²) in [5, 5.41) is 11.4. The molecule has 10 heteroatoms. The van der Waals surface area contributed by atoms with Crippen LogP contribution >= 0.6 is 11.3 Å². The Morgan fingerprint density at radius 3 is 2.82 bits per heavy atom. The number of ketones is 1. The number of aliphatic hydroxyl groups excluding tert-OH is 1. The number of aliphatic hydroxyl groups is 1. The number of thiazole rings is 1. The molecule has 2 aliphatic rings. The first-order valence-electron chi connectivity index (χ1n) is 11.8. The van der Waals surface area contributed by atoms with E-state index in [9.17, 15) is 19.5 Å². The van der Waals surface area contributed by atoms with E-state index < -0.39 is 35.3 Å². The molecule has 5 rings (SSSR count). The van der Waals surface area contributed by atoms with Crippen molar-refractivity contribution in [3.05, 3.63) is 93.8 Å². The van der Waals surface area contributed by atoms with Gasteiger partial charge in [0.2, 0.25) is 0 Å². The van der Waals surface area contributed by atoms with E-state index in [0.717, 1.165) is 21.8 Å². The summed E-state index contributed by atoms with van der Waals surface area (Å²) in [6.45, 7) is 6.97. The SMILES string of the molecule is C=CCOC(=O)c1sc(N2C(=O)C(=O)C(=C(O)c3ccc4c(c3)C[C@@H](C)O4)[C@H]2c2ccccc2F)nc1C. The standard InChI is InChI=1S/C28H23FN2O6S/c1-4-11-36-27(35)25-15(3)30-28(38-25)31-22(18-7-5-6-8-19(18)29)21(24(33)26(31)34)23(32)16-9-10-20-17(13-16)12-14(2)37-20/h4-10,13-14,22,32H,1,11-12H2,2-3H3/t14-,22-/m1/s1. The molecule has 8 nitrogen and oxygen atoms in total. The third-order valence-electron chi connectivity index (χ3n) is 6.32. The molecule has 1 aromatic heterocycles. The molecule has 0 spiro atoms. The van der Waals surface area contributed by atoms with Gasteiger partial charge in [-0.2, -0.15) is 0 Å². The maximum Gasteiger partial charge on any atom is 0.350 e. The van der Waals surface area contributed by atoms with E-state index in [-0.39, 0.29) is 39.6 Å². The summed E-state index contributed by atoms with van der Waals surface area (Å²) in [6, 6.07) is 9.33. The first-order chi connectivity index (χ1) is 18.2. The van der Waals surface area contributed by atoms with E-state index in [1.807, 2.05) is 6.92 Å². The molecule has 2 aromatic carbocycles. The lowest BCUT2D eigenvalue weighted by atomic mass is 9.94. The van der Waals surface area contributed by atoms with E-state index in [2.05, 4.69) is 11.6 Å². The number of fused-ring (bicyclic) bond motifs is 1. The second-order valence-electron chi connectivity index (χ2n) is 8.94. The Labute approximate surface area is 221 Å². The maximum atomic E-state index is 15.1. The number of nitrogens with zero attached hydrogens (tertiary/aromatic N) is 2. The van der Waals surface area contributed by atoms with E-state index in [1.165, 1.54) is 24.3 Å². The number of rotatable bonds is 6. The van der Waals surface area contributed by atoms with Crippen molar-refractivity contribution in [2.45, 2.75) is 32.4 Å². The van der Waals surface area contributed by atoms with E-state index in [1.54, 1.807) is 31.2 Å². The molecule has 1 saturated heterocycles. The minimum atomic E-state index is -1.32. The summed E-state index contributed by atoms with van der Waals surface area (Å²) in [5.74, 6) is -3.11. The highest BCUT2D eigenvalue weighted by molar-refractivity contribution is 7.17. The van der Waals surface area contributed by atoms with E-state index >= 15 is 4.39 Å². The molecule has 1 fully saturated rings. The third-order valence-corrected chi connectivity index (χ3v) is 7.46. The Kier molecular flexibility index (Phi) is 6.58. The van der Waals surface area contributed by atoms with Crippen LogP contribution in [0.25, 0.3) is 5.76 Å². The van der Waals surface area contributed by atoms with Gasteiger partial charge in [0.05, 0.1) is 11.3 Å². The van der Waals surface area contributed by atoms with Crippen LogP contribution in [0.4, 0.5) is 9.52 Å². The van der Waals surface area contributed by atoms with Gasteiger partial charge in [-0.05, 0) is 43.7 Å². The second kappa shape index (κ2) is 9.86. The molecule has 0 aliphatic carbocycles. The topological polar surface area (TPSA) is 106 Å². The first kappa shape index (κ1) is 25.3. The predicted molar refractivity (Wildman–Crippen MR) is 139 cm³/mol. The quantitative estimate of drug-likeness (QED) is 0.158. The fourth-order valence-electron chi connectivity index (χ4n) is 4.62. The van der Waals surface area contributed by atoms with E-state index in [0.29, 0.717) is 17.7 Å². The molecule has 0 radical (unpaired) electrons. The number of carbonyl (C=O) groups excluding carboxylic acids is 3. The van der Waals surface area contributed by atoms with Gasteiger partial charge in [0.25, 0.3) is 5.78 Å². The molecule has 2 atom stereocenters. The zero-order chi connectivity index (χ0) is 27.1. The molecule has 0 saturated carbocycles. The van der Waals surface area contributed by atoms with Gasteiger partial charge in [0.15, 0.2) is 5.13 Å². The molecule has 2 aliphatic heterocycles. The lowest BCUT2D eigenvalue weighted by Crippen LogP contribution is -2.29. The average Bonchev–Trinajstić information content (AvgIpc) is 3.54. The fraction of sp³-hybridized carbons (Fsp3) is 0.214. The highest BCUT2D eigenvalue weighted by Gasteiger charge is 2.49. The zero-order valence-electron chi connectivity index (χ0n) is 20.6. The molecule has 3 aromatic rings. The van der Waals surface area contributed by atoms with Gasteiger partial charge in [-0.1, -0.05) is 42.2 Å². The predicted octanol–water partition coefficient (Wildman–Crippen LogP) is 4.88. The van der Waals surface area contributed by atoms with Crippen molar-refractivity contribution >= 4 is 39.9 Å². The summed E-state index contributed by atoms with van der Waals surface area (Å²) in [6.07, 6.45) is 1.99. The molecule has 0 unspecified atom stereocenters. The number of carbonyl (C=O) groups is 3. The molecule has 3 heterocycles. The number of hydrogen-bond donors (Lipinski definition) is 1. The van der Waals surface area contributed by atoms with Crippen LogP contribution in [-0.2, 0) is 20.7 Å². The number of Topliss-reactive ketones (excluding diaryl/α,β-unsaturated/α-hetero) is 1. The number of aryl methyl sites for hydroxylation is 1. The van der Waals surface area contributed by atoms with Crippen molar-refractivity contribution in [3.63, 3.8) is 0 Å². The van der Waals surface area contributed by atoms with Gasteiger partial charge in [0.1, 0.15) is 41.0 Å². The van der Waals surface area contributed by atoms with Gasteiger partial charge in [-0.3, -0.25) is 14.5 Å². The van der Waals surface area contributed by atoms with Crippen LogP contribution in [-0.4, -0.2) is 40.5 Å². The minimum absolute atomic E-state index is 0.00126. The maximum absolute atomic E-state index is 15.1. The van der Waals surface area contributed by atoms with Crippen molar-refractivity contribution < 1.29 is 33.4 Å². The van der Waals surface area contributed by atoms with Crippen LogP contribution in [0.1, 0.15) is 45.0 Å². The number of amides is 1. The average molecular weight is 535 g/mol. The summed E-state index contributed by atoms with van der Waals surface area (Å²) < 4.78 is 25.9. The van der Waals surface area contributed by atoms with Crippen LogP contribution in [0.3, 0.4) is 0 Å². The number of esters is 1. The van der Waals surface area contributed by atoms with Gasteiger partial charge >= 0.3 is 11.9 Å². The summed E-state index contributed by atoms with van der Waals surface area (Å²) in [5.41, 5.74) is 1.13. The van der Waals surface area contributed by atoms with E-state index in [4.69, 9.17) is 9.47 Å². The van der Waals surface area contributed by atoms with Crippen LogP contribution in [0.2, 0.25) is 0 Å². The van der Waals surface area contributed by atoms with Gasteiger partial charge in [-0.25, -0.2) is 14.2 Å². The zero-order valence-corrected chi connectivity index (χ0v) is 21.4. The number of halogens is 1. The number of ether oxygens (including phenoxy) is 2. The Morgan fingerprint density at radius 1 is 1.32 bits per heavy atom. The van der Waals surface area contributed by atoms with Gasteiger partial charge < -0.3 is 14.6 Å². The highest BCUT2D eigenvalue weighted by atomic mass is 32.1. The largest absolute Gasteiger partial charge is 0.507 e. The molecule has 1 N–H and O–H groups in total. The Bertz CT molecular complexity index is 1530. The fourth-order valence-corrected chi connectivity index (χ4v) is 5.61. The number of benzene rings is 2. The van der Waals surface area contributed by atoms with Crippen LogP contribution in [0.15, 0.2) is 60.7 Å². The Hall–Kier alpha value is -4.31. The highest BCUT2D eigenvalue weighted by Crippen LogP contribution is 2.45. The first-order valence-corrected chi connectivity index (χ1v) is 12.6. The normalized spacial score (nSPS) is 19.8. The number of hydrogen-bond acceptors (Lipinski definition) is 8. The summed E-state index contributed by atoms with van der Waals surface area (Å²) in [7, 11) is 0. The lowest BCUT2D eigenvalue weighted by Gasteiger charge is -2.23. The van der Waals surface area contributed by atoms with Crippen LogP contribution in [0, 0.1) is 12.7 Å². The molecule has 0 bridgehead atoms. The molecular formula is C28H23FN2O6S. The molecule has 194 valence electrons. The van der Waals surface area contributed by atoms with Crippen molar-refractivity contribution in [1.29, 1.82) is 0 Å². The molecular weight excluding hydrogens is 511 g/mol. The molecule has 1 amide bonds.